The van der Waals surface area contributed by atoms with Crippen LogP contribution < -0.4 is 9.47 Å². The van der Waals surface area contributed by atoms with Gasteiger partial charge >= 0.3 is 0 Å². The maximum absolute atomic E-state index is 14.2. The molecule has 1 aromatic carbocycles. The minimum absolute atomic E-state index is 0.201. The Labute approximate surface area is 105 Å². The van der Waals surface area contributed by atoms with E-state index >= 15 is 0 Å². The summed E-state index contributed by atoms with van der Waals surface area (Å²) < 4.78 is 21.3. The molecule has 0 N–H and O–H groups in total. The van der Waals surface area contributed by atoms with E-state index in [1.807, 2.05) is 28.8 Å². The Morgan fingerprint density at radius 2 is 2.11 bits per heavy atom. The smallest absolute Gasteiger partial charge is 0.234 e. The molecule has 1 saturated heterocycles. The minimum Gasteiger partial charge on any atom is -0.378 e. The van der Waals surface area contributed by atoms with E-state index in [4.69, 9.17) is 4.74 Å². The highest BCUT2D eigenvalue weighted by molar-refractivity contribution is 5.76. The first-order chi connectivity index (χ1) is 8.75. The molecule has 0 amide bonds. The number of morpholine rings is 1. The molecule has 0 atom stereocenters. The molecule has 2 aromatic rings. The molecule has 0 saturated carbocycles. The van der Waals surface area contributed by atoms with E-state index in [9.17, 15) is 4.39 Å². The third kappa shape index (κ3) is 1.90. The van der Waals surface area contributed by atoms with Gasteiger partial charge in [0.25, 0.3) is 0 Å². The molecule has 0 aliphatic carbocycles. The normalized spacial score (nSPS) is 16.2. The van der Waals surface area contributed by atoms with Crippen LogP contribution in [0, 0.1) is 5.82 Å². The van der Waals surface area contributed by atoms with Crippen LogP contribution >= 0.6 is 0 Å². The first-order valence-electron chi connectivity index (χ1n) is 6.02. The highest BCUT2D eigenvalue weighted by atomic mass is 19.1. The van der Waals surface area contributed by atoms with Crippen molar-refractivity contribution < 1.29 is 13.7 Å². The van der Waals surface area contributed by atoms with Crippen molar-refractivity contribution in [2.75, 3.05) is 31.2 Å². The van der Waals surface area contributed by atoms with E-state index in [0.29, 0.717) is 18.9 Å². The van der Waals surface area contributed by atoms with Gasteiger partial charge in [0.15, 0.2) is 12.0 Å². The highest BCUT2D eigenvalue weighted by Gasteiger charge is 2.18. The van der Waals surface area contributed by atoms with Crippen molar-refractivity contribution >= 4 is 16.7 Å². The molecule has 1 aliphatic heterocycles. The first kappa shape index (κ1) is 11.3. The molecule has 5 heteroatoms. The zero-order chi connectivity index (χ0) is 12.5. The van der Waals surface area contributed by atoms with Crippen molar-refractivity contribution in [1.29, 1.82) is 0 Å². The average molecular weight is 248 g/mol. The van der Waals surface area contributed by atoms with Gasteiger partial charge in [0, 0.05) is 13.1 Å². The highest BCUT2D eigenvalue weighted by Crippen LogP contribution is 2.24. The van der Waals surface area contributed by atoms with Gasteiger partial charge in [0.05, 0.1) is 31.2 Å². The molecule has 0 unspecified atom stereocenters. The lowest BCUT2D eigenvalue weighted by Gasteiger charge is -2.29. The number of rotatable bonds is 1. The van der Waals surface area contributed by atoms with Gasteiger partial charge in [-0.3, -0.25) is 0 Å². The summed E-state index contributed by atoms with van der Waals surface area (Å²) >= 11 is 0. The van der Waals surface area contributed by atoms with E-state index in [0.717, 1.165) is 24.1 Å². The second kappa shape index (κ2) is 4.49. The minimum atomic E-state index is -0.201. The Morgan fingerprint density at radius 3 is 2.89 bits per heavy atom. The molecule has 3 rings (SSSR count). The number of anilines is 1. The van der Waals surface area contributed by atoms with Gasteiger partial charge in [-0.1, -0.05) is 0 Å². The van der Waals surface area contributed by atoms with Crippen LogP contribution in [0.25, 0.3) is 11.0 Å². The fourth-order valence-electron chi connectivity index (χ4n) is 2.27. The van der Waals surface area contributed by atoms with Crippen LogP contribution in [0.3, 0.4) is 0 Å². The van der Waals surface area contributed by atoms with Crippen LogP contribution in [-0.2, 0) is 11.8 Å². The van der Waals surface area contributed by atoms with Crippen LogP contribution in [0.2, 0.25) is 0 Å². The predicted molar refractivity (Wildman–Crippen MR) is 65.9 cm³/mol. The summed E-state index contributed by atoms with van der Waals surface area (Å²) in [6.45, 7) is 2.74. The van der Waals surface area contributed by atoms with Gasteiger partial charge in [0.2, 0.25) is 5.52 Å². The summed E-state index contributed by atoms with van der Waals surface area (Å²) in [5.74, 6) is -0.201. The van der Waals surface area contributed by atoms with Crippen LogP contribution in [-0.4, -0.2) is 31.3 Å². The molecule has 0 spiro atoms. The molecule has 1 fully saturated rings. The Morgan fingerprint density at radius 1 is 1.33 bits per heavy atom. The maximum Gasteiger partial charge on any atom is 0.234 e. The monoisotopic (exact) mass is 248 g/mol. The third-order valence-corrected chi connectivity index (χ3v) is 3.28. The Bertz CT molecular complexity index is 582. The van der Waals surface area contributed by atoms with Crippen molar-refractivity contribution in [3.63, 3.8) is 0 Å². The average Bonchev–Trinajstić information content (AvgIpc) is 2.40. The quantitative estimate of drug-likeness (QED) is 0.706. The molecule has 0 bridgehead atoms. The SMILES string of the molecule is C[n+]1ccnc2cc(N3CCOCC3)c(F)cc21. The van der Waals surface area contributed by atoms with Gasteiger partial charge in [0.1, 0.15) is 12.6 Å². The molecule has 94 valence electrons. The maximum atomic E-state index is 14.2. The van der Waals surface area contributed by atoms with Crippen LogP contribution in [0.5, 0.6) is 0 Å². The molecule has 1 aliphatic rings. The lowest BCUT2D eigenvalue weighted by Crippen LogP contribution is -2.37. The second-order valence-electron chi connectivity index (χ2n) is 4.43. The Hall–Kier alpha value is -1.75. The Balaban J connectivity index is 2.09. The third-order valence-electron chi connectivity index (χ3n) is 3.28. The number of aryl methyl sites for hydroxylation is 1. The van der Waals surface area contributed by atoms with Crippen molar-refractivity contribution in [3.05, 3.63) is 30.3 Å². The number of halogens is 1. The largest absolute Gasteiger partial charge is 0.378 e. The number of benzene rings is 1. The number of nitrogens with zero attached hydrogens (tertiary/aromatic N) is 3. The predicted octanol–water partition coefficient (Wildman–Crippen LogP) is 1.03. The number of aromatic nitrogens is 2. The van der Waals surface area contributed by atoms with E-state index in [-0.39, 0.29) is 5.82 Å². The zero-order valence-electron chi connectivity index (χ0n) is 10.3. The fraction of sp³-hybridized carbons (Fsp3) is 0.385. The summed E-state index contributed by atoms with van der Waals surface area (Å²) in [5, 5.41) is 0. The summed E-state index contributed by atoms with van der Waals surface area (Å²) in [6, 6.07) is 3.36. The standard InChI is InChI=1S/C13H15FN3O/c1-16-3-2-15-11-9-12(10(14)8-13(11)16)17-4-6-18-7-5-17/h2-3,8-9H,4-7H2,1H3/q+1. The van der Waals surface area contributed by atoms with Gasteiger partial charge in [-0.05, 0) is 6.07 Å². The van der Waals surface area contributed by atoms with Gasteiger partial charge in [-0.15, -0.1) is 0 Å². The molecule has 4 nitrogen and oxygen atoms in total. The summed E-state index contributed by atoms with van der Waals surface area (Å²) in [4.78, 5) is 6.30. The van der Waals surface area contributed by atoms with Crippen molar-refractivity contribution in [2.45, 2.75) is 0 Å². The molecular formula is C13H15FN3O+. The Kier molecular flexibility index (Phi) is 2.83. The van der Waals surface area contributed by atoms with Gasteiger partial charge in [-0.2, -0.15) is 4.57 Å². The van der Waals surface area contributed by atoms with Crippen LogP contribution in [0.15, 0.2) is 24.5 Å². The number of hydrogen-bond acceptors (Lipinski definition) is 3. The van der Waals surface area contributed by atoms with Gasteiger partial charge in [-0.25, -0.2) is 9.37 Å². The van der Waals surface area contributed by atoms with Crippen molar-refractivity contribution in [2.24, 2.45) is 7.05 Å². The lowest BCUT2D eigenvalue weighted by molar-refractivity contribution is -0.645. The molecule has 0 radical (unpaired) electrons. The second-order valence-corrected chi connectivity index (χ2v) is 4.43. The molecule has 1 aromatic heterocycles. The van der Waals surface area contributed by atoms with E-state index in [2.05, 4.69) is 4.98 Å². The van der Waals surface area contributed by atoms with E-state index in [1.54, 1.807) is 12.3 Å². The number of ether oxygens (including phenoxy) is 1. The summed E-state index contributed by atoms with van der Waals surface area (Å²) in [5.41, 5.74) is 2.22. The fourth-order valence-corrected chi connectivity index (χ4v) is 2.27. The van der Waals surface area contributed by atoms with Crippen LogP contribution in [0.1, 0.15) is 0 Å². The summed E-state index contributed by atoms with van der Waals surface area (Å²) in [6.07, 6.45) is 3.54. The molecule has 2 heterocycles. The number of hydrogen-bond donors (Lipinski definition) is 0. The van der Waals surface area contributed by atoms with Crippen molar-refractivity contribution in [3.8, 4) is 0 Å². The number of fused-ring (bicyclic) bond motifs is 1. The van der Waals surface area contributed by atoms with Crippen LogP contribution in [0.4, 0.5) is 10.1 Å². The van der Waals surface area contributed by atoms with Crippen molar-refractivity contribution in [1.82, 2.24) is 4.98 Å². The topological polar surface area (TPSA) is 29.2 Å². The lowest BCUT2D eigenvalue weighted by atomic mass is 10.2. The van der Waals surface area contributed by atoms with Gasteiger partial charge < -0.3 is 9.64 Å². The first-order valence-corrected chi connectivity index (χ1v) is 6.02. The molecule has 18 heavy (non-hydrogen) atoms. The van der Waals surface area contributed by atoms with E-state index in [1.165, 1.54) is 0 Å². The van der Waals surface area contributed by atoms with E-state index < -0.39 is 0 Å². The zero-order valence-corrected chi connectivity index (χ0v) is 10.3. The summed E-state index contributed by atoms with van der Waals surface area (Å²) in [7, 11) is 1.89. The molecular weight excluding hydrogens is 233 g/mol.